The minimum absolute atomic E-state index is 0.623. The van der Waals surface area contributed by atoms with Crippen LogP contribution in [-0.4, -0.2) is 9.13 Å². The lowest BCUT2D eigenvalue weighted by molar-refractivity contribution is 1.17. The molecule has 2 heterocycles. The number of rotatable bonds is 4. The van der Waals surface area contributed by atoms with Crippen LogP contribution in [0.4, 0.5) is 0 Å². The molecule has 0 spiro atoms. The molecule has 7 aromatic carbocycles. The molecule has 0 unspecified atom stereocenters. The molecular formula is C44H26N4. The topological polar surface area (TPSA) is 57.4 Å². The number of nitriles is 2. The van der Waals surface area contributed by atoms with Gasteiger partial charge in [0, 0.05) is 32.8 Å². The fraction of sp³-hybridized carbons (Fsp3) is 0. The van der Waals surface area contributed by atoms with Gasteiger partial charge in [-0.05, 0) is 65.2 Å². The normalized spacial score (nSPS) is 11.3. The highest BCUT2D eigenvalue weighted by Gasteiger charge is 2.20. The lowest BCUT2D eigenvalue weighted by atomic mass is 9.92. The summed E-state index contributed by atoms with van der Waals surface area (Å²) in [4.78, 5) is 0. The number of nitrogens with zero attached hydrogens (tertiary/aromatic N) is 4. The van der Waals surface area contributed by atoms with Crippen molar-refractivity contribution in [3.63, 3.8) is 0 Å². The standard InChI is InChI=1S/C44H26N4/c45-27-29-11-9-13-32(25-29)47-41-21-7-5-17-36(41)39-19-10-18-38(44(39)47)34-15-3-2-14-33(34)30-23-24-37-35-16-4-8-22-42(35)48(43(37)26-30)40-20-6-1-12-31(40)28-46/h1-26H. The molecule has 48 heavy (non-hydrogen) atoms. The summed E-state index contributed by atoms with van der Waals surface area (Å²) in [7, 11) is 0. The highest BCUT2D eigenvalue weighted by atomic mass is 15.0. The predicted octanol–water partition coefficient (Wildman–Crippen LogP) is 11.0. The zero-order chi connectivity index (χ0) is 32.2. The van der Waals surface area contributed by atoms with Crippen molar-refractivity contribution in [1.82, 2.24) is 9.13 Å². The zero-order valence-corrected chi connectivity index (χ0v) is 25.8. The van der Waals surface area contributed by atoms with Crippen molar-refractivity contribution in [2.24, 2.45) is 0 Å². The molecule has 9 rings (SSSR count). The van der Waals surface area contributed by atoms with E-state index < -0.39 is 0 Å². The number of hydrogen-bond acceptors (Lipinski definition) is 2. The van der Waals surface area contributed by atoms with Crippen LogP contribution in [0.25, 0.3) is 77.2 Å². The molecule has 4 nitrogen and oxygen atoms in total. The van der Waals surface area contributed by atoms with Crippen LogP contribution in [-0.2, 0) is 0 Å². The second-order valence-corrected chi connectivity index (χ2v) is 12.0. The third-order valence-corrected chi connectivity index (χ3v) is 9.40. The van der Waals surface area contributed by atoms with E-state index in [2.05, 4.69) is 137 Å². The summed E-state index contributed by atoms with van der Waals surface area (Å²) < 4.78 is 4.51. The summed E-state index contributed by atoms with van der Waals surface area (Å²) in [6, 6.07) is 59.0. The van der Waals surface area contributed by atoms with Gasteiger partial charge in [0.25, 0.3) is 0 Å². The van der Waals surface area contributed by atoms with Crippen LogP contribution < -0.4 is 0 Å². The first kappa shape index (κ1) is 27.4. The van der Waals surface area contributed by atoms with Gasteiger partial charge < -0.3 is 9.13 Å². The molecule has 0 saturated carbocycles. The van der Waals surface area contributed by atoms with Crippen LogP contribution in [0, 0.1) is 22.7 Å². The lowest BCUT2D eigenvalue weighted by Gasteiger charge is -2.15. The van der Waals surface area contributed by atoms with Gasteiger partial charge in [0.1, 0.15) is 6.07 Å². The van der Waals surface area contributed by atoms with Gasteiger partial charge in [-0.1, -0.05) is 109 Å². The van der Waals surface area contributed by atoms with E-state index in [4.69, 9.17) is 0 Å². The van der Waals surface area contributed by atoms with Gasteiger partial charge in [-0.3, -0.25) is 0 Å². The zero-order valence-electron chi connectivity index (χ0n) is 25.8. The molecular weight excluding hydrogens is 585 g/mol. The largest absolute Gasteiger partial charge is 0.309 e. The highest BCUT2D eigenvalue weighted by Crippen LogP contribution is 2.43. The number of benzene rings is 7. The number of fused-ring (bicyclic) bond motifs is 6. The molecule has 0 atom stereocenters. The SMILES string of the molecule is N#Cc1cccc(-n2c3ccccc3c3cccc(-c4ccccc4-c4ccc5c6ccccc6n(-c6ccccc6C#N)c5c4)c32)c1. The molecule has 0 aliphatic rings. The average molecular weight is 611 g/mol. The predicted molar refractivity (Wildman–Crippen MR) is 195 cm³/mol. The Bertz CT molecular complexity index is 2820. The maximum absolute atomic E-state index is 10.0. The van der Waals surface area contributed by atoms with Crippen molar-refractivity contribution in [2.75, 3.05) is 0 Å². The molecule has 0 bridgehead atoms. The third kappa shape index (κ3) is 4.07. The van der Waals surface area contributed by atoms with Gasteiger partial charge in [0.05, 0.1) is 45.0 Å². The van der Waals surface area contributed by atoms with Crippen LogP contribution >= 0.6 is 0 Å². The van der Waals surface area contributed by atoms with Gasteiger partial charge in [-0.15, -0.1) is 0 Å². The Kier molecular flexibility index (Phi) is 6.22. The highest BCUT2D eigenvalue weighted by molar-refractivity contribution is 6.15. The Morgan fingerprint density at radius 3 is 1.85 bits per heavy atom. The van der Waals surface area contributed by atoms with Gasteiger partial charge in [-0.25, -0.2) is 0 Å². The van der Waals surface area contributed by atoms with E-state index in [1.165, 1.54) is 0 Å². The summed E-state index contributed by atoms with van der Waals surface area (Å²) in [6.07, 6.45) is 0. The molecule has 0 aliphatic carbocycles. The van der Waals surface area contributed by atoms with E-state index in [1.807, 2.05) is 42.5 Å². The summed E-state index contributed by atoms with van der Waals surface area (Å²) in [5.74, 6) is 0. The Labute approximate surface area is 277 Å². The van der Waals surface area contributed by atoms with Crippen molar-refractivity contribution in [2.45, 2.75) is 0 Å². The number of hydrogen-bond donors (Lipinski definition) is 0. The molecule has 0 saturated heterocycles. The van der Waals surface area contributed by atoms with E-state index in [-0.39, 0.29) is 0 Å². The van der Waals surface area contributed by atoms with Gasteiger partial charge >= 0.3 is 0 Å². The molecule has 9 aromatic rings. The summed E-state index contributed by atoms with van der Waals surface area (Å²) in [5.41, 5.74) is 11.8. The van der Waals surface area contributed by atoms with Crippen LogP contribution in [0.15, 0.2) is 158 Å². The Morgan fingerprint density at radius 2 is 1.04 bits per heavy atom. The second kappa shape index (κ2) is 10.9. The summed E-state index contributed by atoms with van der Waals surface area (Å²) in [5, 5.41) is 24.4. The second-order valence-electron chi connectivity index (χ2n) is 12.0. The first-order valence-corrected chi connectivity index (χ1v) is 15.9. The third-order valence-electron chi connectivity index (χ3n) is 9.40. The minimum Gasteiger partial charge on any atom is -0.309 e. The molecule has 4 heteroatoms. The Balaban J connectivity index is 1.33. The monoisotopic (exact) mass is 610 g/mol. The van der Waals surface area contributed by atoms with Crippen LogP contribution in [0.3, 0.4) is 0 Å². The van der Waals surface area contributed by atoms with Crippen molar-refractivity contribution in [3.8, 4) is 45.8 Å². The maximum atomic E-state index is 10.0. The number of aromatic nitrogens is 2. The lowest BCUT2D eigenvalue weighted by Crippen LogP contribution is -1.98. The van der Waals surface area contributed by atoms with E-state index in [9.17, 15) is 10.5 Å². The fourth-order valence-corrected chi connectivity index (χ4v) is 7.35. The van der Waals surface area contributed by atoms with Gasteiger partial charge in [-0.2, -0.15) is 10.5 Å². The number of para-hydroxylation sites is 4. The molecule has 0 radical (unpaired) electrons. The van der Waals surface area contributed by atoms with Gasteiger partial charge in [0.15, 0.2) is 0 Å². The van der Waals surface area contributed by atoms with Crippen molar-refractivity contribution in [3.05, 3.63) is 169 Å². The van der Waals surface area contributed by atoms with E-state index >= 15 is 0 Å². The van der Waals surface area contributed by atoms with Gasteiger partial charge in [0.2, 0.25) is 0 Å². The average Bonchev–Trinajstić information content (AvgIpc) is 3.67. The first-order chi connectivity index (χ1) is 23.7. The van der Waals surface area contributed by atoms with Crippen LogP contribution in [0.2, 0.25) is 0 Å². The molecule has 0 N–H and O–H groups in total. The van der Waals surface area contributed by atoms with Crippen molar-refractivity contribution in [1.29, 1.82) is 10.5 Å². The minimum atomic E-state index is 0.623. The molecule has 0 amide bonds. The van der Waals surface area contributed by atoms with Crippen LogP contribution in [0.1, 0.15) is 11.1 Å². The molecule has 0 fully saturated rings. The van der Waals surface area contributed by atoms with E-state index in [0.717, 1.165) is 77.2 Å². The first-order valence-electron chi connectivity index (χ1n) is 15.9. The molecule has 222 valence electrons. The quantitative estimate of drug-likeness (QED) is 0.199. The smallest absolute Gasteiger partial charge is 0.101 e. The summed E-state index contributed by atoms with van der Waals surface area (Å²) in [6.45, 7) is 0. The van der Waals surface area contributed by atoms with Crippen molar-refractivity contribution < 1.29 is 0 Å². The molecule has 2 aromatic heterocycles. The van der Waals surface area contributed by atoms with Crippen LogP contribution in [0.5, 0.6) is 0 Å². The molecule has 0 aliphatic heterocycles. The maximum Gasteiger partial charge on any atom is 0.101 e. The Hall–Kier alpha value is -6.88. The van der Waals surface area contributed by atoms with E-state index in [1.54, 1.807) is 0 Å². The fourth-order valence-electron chi connectivity index (χ4n) is 7.35. The Morgan fingerprint density at radius 1 is 0.417 bits per heavy atom. The summed E-state index contributed by atoms with van der Waals surface area (Å²) >= 11 is 0. The van der Waals surface area contributed by atoms with Crippen molar-refractivity contribution >= 4 is 43.6 Å². The van der Waals surface area contributed by atoms with E-state index in [0.29, 0.717) is 11.1 Å².